The summed E-state index contributed by atoms with van der Waals surface area (Å²) in [5.74, 6) is -0.298. The Balaban J connectivity index is 2.11. The maximum Gasteiger partial charge on any atom is 0.416 e. The van der Waals surface area contributed by atoms with Crippen molar-refractivity contribution >= 4 is 16.8 Å². The van der Waals surface area contributed by atoms with Crippen molar-refractivity contribution in [3.63, 3.8) is 0 Å². The van der Waals surface area contributed by atoms with Crippen LogP contribution in [0.2, 0.25) is 0 Å². The van der Waals surface area contributed by atoms with Gasteiger partial charge in [-0.1, -0.05) is 0 Å². The van der Waals surface area contributed by atoms with E-state index in [2.05, 4.69) is 0 Å². The van der Waals surface area contributed by atoms with Gasteiger partial charge in [-0.3, -0.25) is 4.79 Å². The molecule has 2 aromatic carbocycles. The van der Waals surface area contributed by atoms with E-state index >= 15 is 0 Å². The normalized spacial score (nSPS) is 12.2. The monoisotopic (exact) mass is 398 g/mol. The lowest BCUT2D eigenvalue weighted by Crippen LogP contribution is -2.30. The summed E-state index contributed by atoms with van der Waals surface area (Å²) in [7, 11) is 0. The van der Waals surface area contributed by atoms with Crippen molar-refractivity contribution in [2.24, 2.45) is 0 Å². The summed E-state index contributed by atoms with van der Waals surface area (Å²) in [5.41, 5.74) is -1.86. The van der Waals surface area contributed by atoms with E-state index in [0.717, 1.165) is 48.5 Å². The molecular formula is C16H9ClF6O3. The molecule has 0 saturated carbocycles. The third-order valence-corrected chi connectivity index (χ3v) is 3.21. The maximum atomic E-state index is 12.5. The first-order valence-corrected chi connectivity index (χ1v) is 7.22. The van der Waals surface area contributed by atoms with Crippen LogP contribution in [0.4, 0.5) is 26.3 Å². The fourth-order valence-corrected chi connectivity index (χ4v) is 1.90. The lowest BCUT2D eigenvalue weighted by atomic mass is 10.2. The Bertz CT molecular complexity index is 694. The minimum absolute atomic E-state index is 0.149. The number of rotatable bonds is 5. The summed E-state index contributed by atoms with van der Waals surface area (Å²) in [4.78, 5) is 11.4. The summed E-state index contributed by atoms with van der Waals surface area (Å²) >= 11 is 5.30. The highest BCUT2D eigenvalue weighted by molar-refractivity contribution is 6.64. The number of benzene rings is 2. The molecule has 0 aliphatic rings. The Labute approximate surface area is 148 Å². The predicted molar refractivity (Wildman–Crippen MR) is 78.8 cm³/mol. The van der Waals surface area contributed by atoms with Gasteiger partial charge in [0.1, 0.15) is 11.5 Å². The molecule has 140 valence electrons. The van der Waals surface area contributed by atoms with Gasteiger partial charge in [0.25, 0.3) is 0 Å². The van der Waals surface area contributed by atoms with E-state index in [9.17, 15) is 31.1 Å². The average molecular weight is 399 g/mol. The molecular weight excluding hydrogens is 390 g/mol. The highest BCUT2D eigenvalue weighted by atomic mass is 35.5. The zero-order valence-corrected chi connectivity index (χ0v) is 13.3. The fraction of sp³-hybridized carbons (Fsp3) is 0.188. The molecule has 0 atom stereocenters. The lowest BCUT2D eigenvalue weighted by Gasteiger charge is -2.18. The highest BCUT2D eigenvalue weighted by Crippen LogP contribution is 2.32. The molecule has 0 unspecified atom stereocenters. The van der Waals surface area contributed by atoms with Crippen LogP contribution >= 0.6 is 11.6 Å². The summed E-state index contributed by atoms with van der Waals surface area (Å²) < 4.78 is 85.1. The summed E-state index contributed by atoms with van der Waals surface area (Å²) in [6, 6.07) is 6.70. The van der Waals surface area contributed by atoms with Crippen LogP contribution in [0.25, 0.3) is 0 Å². The van der Waals surface area contributed by atoms with Gasteiger partial charge in [-0.15, -0.1) is 0 Å². The molecule has 26 heavy (non-hydrogen) atoms. The second-order valence-corrected chi connectivity index (χ2v) is 5.29. The largest absolute Gasteiger partial charge is 0.447 e. The number of hydrogen-bond acceptors (Lipinski definition) is 3. The second-order valence-electron chi connectivity index (χ2n) is 4.92. The quantitative estimate of drug-likeness (QED) is 0.391. The number of alkyl halides is 6. The first kappa shape index (κ1) is 19.9. The van der Waals surface area contributed by atoms with E-state index in [1.807, 2.05) is 0 Å². The predicted octanol–water partition coefficient (Wildman–Crippen LogP) is 5.27. The number of ether oxygens (including phenoxy) is 2. The molecule has 0 saturated heterocycles. The van der Waals surface area contributed by atoms with Crippen LogP contribution in [0.1, 0.15) is 11.1 Å². The number of carbonyl (C=O) groups is 1. The Hall–Kier alpha value is -2.42. The molecule has 2 rings (SSSR count). The first-order valence-electron chi connectivity index (χ1n) is 6.84. The van der Waals surface area contributed by atoms with Gasteiger partial charge < -0.3 is 9.47 Å². The fourth-order valence-electron chi connectivity index (χ4n) is 1.81. The molecule has 10 heteroatoms. The van der Waals surface area contributed by atoms with E-state index in [0.29, 0.717) is 0 Å². The summed E-state index contributed by atoms with van der Waals surface area (Å²) in [6.45, 7) is 0. The SMILES string of the molecule is O=C(Cl)C(Oc1ccc(C(F)(F)F)cc1)Oc1ccc(C(F)(F)F)cc1. The Morgan fingerprint density at radius 1 is 0.731 bits per heavy atom. The molecule has 0 N–H and O–H groups in total. The van der Waals surface area contributed by atoms with E-state index < -0.39 is 35.0 Å². The van der Waals surface area contributed by atoms with Crippen molar-refractivity contribution in [1.29, 1.82) is 0 Å². The Morgan fingerprint density at radius 3 is 1.27 bits per heavy atom. The summed E-state index contributed by atoms with van der Waals surface area (Å²) in [5, 5.41) is -1.15. The second kappa shape index (κ2) is 7.45. The number of halogens is 7. The van der Waals surface area contributed by atoms with E-state index in [4.69, 9.17) is 21.1 Å². The molecule has 3 nitrogen and oxygen atoms in total. The number of carbonyl (C=O) groups excluding carboxylic acids is 1. The van der Waals surface area contributed by atoms with Crippen LogP contribution in [0, 0.1) is 0 Å². The van der Waals surface area contributed by atoms with Gasteiger partial charge in [0.2, 0.25) is 0 Å². The third-order valence-electron chi connectivity index (χ3n) is 3.03. The van der Waals surface area contributed by atoms with Crippen LogP contribution in [0.5, 0.6) is 11.5 Å². The van der Waals surface area contributed by atoms with Gasteiger partial charge in [-0.05, 0) is 60.1 Å². The molecule has 0 heterocycles. The topological polar surface area (TPSA) is 35.5 Å². The van der Waals surface area contributed by atoms with Crippen molar-refractivity contribution in [2.75, 3.05) is 0 Å². The zero-order valence-electron chi connectivity index (χ0n) is 12.6. The van der Waals surface area contributed by atoms with Crippen molar-refractivity contribution in [3.8, 4) is 11.5 Å². The van der Waals surface area contributed by atoms with E-state index in [1.165, 1.54) is 0 Å². The highest BCUT2D eigenvalue weighted by Gasteiger charge is 2.31. The summed E-state index contributed by atoms with van der Waals surface area (Å²) in [6.07, 6.45) is -10.8. The lowest BCUT2D eigenvalue weighted by molar-refractivity contribution is -0.138. The van der Waals surface area contributed by atoms with Gasteiger partial charge in [-0.2, -0.15) is 26.3 Å². The molecule has 0 radical (unpaired) electrons. The van der Waals surface area contributed by atoms with Crippen LogP contribution in [-0.2, 0) is 17.1 Å². The van der Waals surface area contributed by atoms with Gasteiger partial charge in [0, 0.05) is 0 Å². The molecule has 0 aliphatic heterocycles. The van der Waals surface area contributed by atoms with Crippen LogP contribution in [-0.4, -0.2) is 11.5 Å². The molecule has 0 aromatic heterocycles. The zero-order chi connectivity index (χ0) is 19.5. The van der Waals surface area contributed by atoms with Crippen LogP contribution in [0.15, 0.2) is 48.5 Å². The van der Waals surface area contributed by atoms with Crippen molar-refractivity contribution < 1.29 is 40.6 Å². The number of hydrogen-bond donors (Lipinski definition) is 0. The Kier molecular flexibility index (Phi) is 5.70. The van der Waals surface area contributed by atoms with E-state index in [-0.39, 0.29) is 11.5 Å². The Morgan fingerprint density at radius 2 is 1.04 bits per heavy atom. The minimum Gasteiger partial charge on any atom is -0.447 e. The van der Waals surface area contributed by atoms with E-state index in [1.54, 1.807) is 0 Å². The van der Waals surface area contributed by atoms with Crippen molar-refractivity contribution in [1.82, 2.24) is 0 Å². The van der Waals surface area contributed by atoms with Gasteiger partial charge in [0.05, 0.1) is 11.1 Å². The molecule has 2 aromatic rings. The average Bonchev–Trinajstić information content (AvgIpc) is 2.53. The standard InChI is InChI=1S/C16H9ClF6O3/c17-13(24)14(25-11-5-1-9(2-6-11)15(18,19)20)26-12-7-3-10(4-8-12)16(21,22)23/h1-8,14H. The molecule has 0 spiro atoms. The molecule has 0 aliphatic carbocycles. The van der Waals surface area contributed by atoms with Crippen LogP contribution < -0.4 is 9.47 Å². The van der Waals surface area contributed by atoms with Gasteiger partial charge >= 0.3 is 23.9 Å². The van der Waals surface area contributed by atoms with Gasteiger partial charge in [0.15, 0.2) is 0 Å². The smallest absolute Gasteiger partial charge is 0.416 e. The third kappa shape index (κ3) is 5.29. The van der Waals surface area contributed by atoms with Crippen molar-refractivity contribution in [2.45, 2.75) is 18.6 Å². The minimum atomic E-state index is -4.54. The molecule has 0 fully saturated rings. The van der Waals surface area contributed by atoms with Crippen LogP contribution in [0.3, 0.4) is 0 Å². The van der Waals surface area contributed by atoms with Gasteiger partial charge in [-0.25, -0.2) is 0 Å². The first-order chi connectivity index (χ1) is 12.0. The molecule has 0 bridgehead atoms. The maximum absolute atomic E-state index is 12.5. The molecule has 0 amide bonds. The van der Waals surface area contributed by atoms with Crippen molar-refractivity contribution in [3.05, 3.63) is 59.7 Å².